The van der Waals surface area contributed by atoms with Crippen LogP contribution in [0.1, 0.15) is 48.1 Å². The zero-order chi connectivity index (χ0) is 33.6. The first-order valence-electron chi connectivity index (χ1n) is 14.9. The van der Waals surface area contributed by atoms with Gasteiger partial charge < -0.3 is 40.3 Å². The Morgan fingerprint density at radius 1 is 1.19 bits per heavy atom. The summed E-state index contributed by atoms with van der Waals surface area (Å²) in [4.78, 5) is 55.5. The molecule has 0 fully saturated rings. The fourth-order valence-corrected chi connectivity index (χ4v) is 5.82. The van der Waals surface area contributed by atoms with Crippen molar-refractivity contribution in [3.05, 3.63) is 86.5 Å². The second-order valence-electron chi connectivity index (χ2n) is 11.4. The van der Waals surface area contributed by atoms with E-state index in [1.807, 2.05) is 0 Å². The molecule has 2 amide bonds. The van der Waals surface area contributed by atoms with Crippen molar-refractivity contribution >= 4 is 34.6 Å². The number of anilines is 1. The van der Waals surface area contributed by atoms with Gasteiger partial charge in [0.05, 0.1) is 42.2 Å². The minimum absolute atomic E-state index is 0.0176. The number of ether oxygens (including phenoxy) is 3. The van der Waals surface area contributed by atoms with E-state index in [4.69, 9.17) is 19.9 Å². The third-order valence-electron chi connectivity index (χ3n) is 8.49. The van der Waals surface area contributed by atoms with E-state index in [0.717, 1.165) is 0 Å². The molecule has 2 aromatic carbocycles. The van der Waals surface area contributed by atoms with E-state index in [1.54, 1.807) is 44.2 Å². The highest BCUT2D eigenvalue weighted by molar-refractivity contribution is 5.94. The molecule has 2 atom stereocenters. The molecule has 14 heteroatoms. The number of methoxy groups -OCH3 is 1. The Balaban J connectivity index is 1.30. The molecule has 0 spiro atoms. The van der Waals surface area contributed by atoms with E-state index in [9.17, 15) is 28.7 Å². The molecule has 6 rings (SSSR count). The number of alkyl carbamates (subject to hydrolysis) is 1. The number of nitrogens with one attached hydrogen (secondary N) is 2. The lowest BCUT2D eigenvalue weighted by molar-refractivity contribution is -0.172. The van der Waals surface area contributed by atoms with Gasteiger partial charge in [0, 0.05) is 34.8 Å². The maximum Gasteiger partial charge on any atom is 0.407 e. The Labute approximate surface area is 267 Å². The second kappa shape index (κ2) is 12.1. The monoisotopic (exact) mass is 645 g/mol. The molecule has 0 saturated heterocycles. The maximum absolute atomic E-state index is 14.9. The first-order valence-corrected chi connectivity index (χ1v) is 14.9. The topological polar surface area (TPSA) is 184 Å². The fourth-order valence-electron chi connectivity index (χ4n) is 5.82. The highest BCUT2D eigenvalue weighted by atomic mass is 19.1. The lowest BCUT2D eigenvalue weighted by Crippen LogP contribution is -2.44. The molecule has 244 valence electrons. The fraction of sp³-hybridized carbons (Fsp3) is 0.303. The minimum Gasteiger partial charge on any atom is -0.494 e. The predicted octanol–water partition coefficient (Wildman–Crippen LogP) is 2.94. The molecule has 0 aliphatic carbocycles. The van der Waals surface area contributed by atoms with Crippen LogP contribution >= 0.6 is 0 Å². The van der Waals surface area contributed by atoms with Gasteiger partial charge in [-0.25, -0.2) is 19.0 Å². The summed E-state index contributed by atoms with van der Waals surface area (Å²) in [5.74, 6) is -1.86. The van der Waals surface area contributed by atoms with Crippen molar-refractivity contribution in [3.63, 3.8) is 0 Å². The van der Waals surface area contributed by atoms with E-state index in [-0.39, 0.29) is 61.0 Å². The highest BCUT2D eigenvalue weighted by Gasteiger charge is 2.45. The first kappa shape index (κ1) is 31.6. The summed E-state index contributed by atoms with van der Waals surface area (Å²) in [7, 11) is 1.33. The van der Waals surface area contributed by atoms with Crippen molar-refractivity contribution in [2.24, 2.45) is 5.73 Å². The standard InChI is InChI=1S/C33H32FN5O8/c1-4-33(44)23-10-26-28-21(13-39(26)30(41)22(23)15-46-31(33)42)20(19-9-27(45-3)24(34)11-25(19)38-28)12-36-32(43)47-14-17-5-7-18(8-6-17)37-29(40)16(2)35/h5-11,16,44H,4,12-15,35H2,1-3H3,(H,36,43)(H,37,40)/t16-,33-/m0/s1. The lowest BCUT2D eigenvalue weighted by atomic mass is 9.86. The summed E-state index contributed by atoms with van der Waals surface area (Å²) in [5, 5.41) is 17.1. The van der Waals surface area contributed by atoms with Crippen molar-refractivity contribution < 1.29 is 38.1 Å². The van der Waals surface area contributed by atoms with Gasteiger partial charge in [-0.3, -0.25) is 9.59 Å². The number of hydrogen-bond acceptors (Lipinski definition) is 10. The molecular weight excluding hydrogens is 613 g/mol. The van der Waals surface area contributed by atoms with Gasteiger partial charge in [0.2, 0.25) is 5.91 Å². The Morgan fingerprint density at radius 3 is 2.62 bits per heavy atom. The Hall–Kier alpha value is -5.34. The first-order chi connectivity index (χ1) is 22.4. The van der Waals surface area contributed by atoms with Crippen LogP contribution in [-0.4, -0.2) is 45.8 Å². The molecule has 0 bridgehead atoms. The summed E-state index contributed by atoms with van der Waals surface area (Å²) < 4.78 is 32.1. The molecule has 2 aromatic heterocycles. The van der Waals surface area contributed by atoms with Crippen molar-refractivity contribution in [3.8, 4) is 17.1 Å². The number of nitrogens with two attached hydrogens (primary N) is 1. The number of amides is 2. The largest absolute Gasteiger partial charge is 0.494 e. The van der Waals surface area contributed by atoms with Crippen LogP contribution in [0.3, 0.4) is 0 Å². The summed E-state index contributed by atoms with van der Waals surface area (Å²) in [6, 6.07) is 10.3. The van der Waals surface area contributed by atoms with Crippen LogP contribution in [-0.2, 0) is 51.0 Å². The summed E-state index contributed by atoms with van der Waals surface area (Å²) in [6.45, 7) is 2.84. The molecular formula is C33H32FN5O8. The number of rotatable bonds is 8. The summed E-state index contributed by atoms with van der Waals surface area (Å²) in [6.07, 6.45) is -0.755. The van der Waals surface area contributed by atoms with E-state index in [0.29, 0.717) is 39.2 Å². The van der Waals surface area contributed by atoms with Gasteiger partial charge in [-0.05, 0) is 48.7 Å². The summed E-state index contributed by atoms with van der Waals surface area (Å²) in [5.41, 5.74) is 6.71. The molecule has 0 unspecified atom stereocenters. The van der Waals surface area contributed by atoms with Gasteiger partial charge in [-0.15, -0.1) is 0 Å². The van der Waals surface area contributed by atoms with Gasteiger partial charge in [0.25, 0.3) is 5.56 Å². The predicted molar refractivity (Wildman–Crippen MR) is 167 cm³/mol. The van der Waals surface area contributed by atoms with Crippen molar-refractivity contribution in [2.45, 2.75) is 58.2 Å². The Morgan fingerprint density at radius 2 is 1.94 bits per heavy atom. The van der Waals surface area contributed by atoms with Crippen LogP contribution in [0.15, 0.2) is 47.3 Å². The molecule has 13 nitrogen and oxygen atoms in total. The van der Waals surface area contributed by atoms with Crippen LogP contribution < -0.4 is 26.7 Å². The SMILES string of the molecule is CC[C@@]1(O)C(=O)OCc2c1cc1n(c2=O)Cc2c-1nc1cc(F)c(OC)cc1c2CNC(=O)OCc1ccc(NC(=O)[C@H](C)N)cc1. The minimum atomic E-state index is -2.01. The highest BCUT2D eigenvalue weighted by Crippen LogP contribution is 2.41. The number of benzene rings is 2. The number of halogens is 1. The number of aromatic nitrogens is 2. The molecule has 4 aromatic rings. The van der Waals surface area contributed by atoms with Gasteiger partial charge in [-0.2, -0.15) is 0 Å². The van der Waals surface area contributed by atoms with Crippen LogP contribution in [0, 0.1) is 5.82 Å². The van der Waals surface area contributed by atoms with Crippen molar-refractivity contribution in [1.82, 2.24) is 14.9 Å². The normalized spacial score (nSPS) is 16.9. The van der Waals surface area contributed by atoms with Crippen LogP contribution in [0.25, 0.3) is 22.3 Å². The zero-order valence-electron chi connectivity index (χ0n) is 25.8. The average Bonchev–Trinajstić information content (AvgIpc) is 3.42. The maximum atomic E-state index is 14.9. The number of fused-ring (bicyclic) bond motifs is 5. The number of pyridine rings is 2. The average molecular weight is 646 g/mol. The van der Waals surface area contributed by atoms with E-state index in [2.05, 4.69) is 15.6 Å². The zero-order valence-corrected chi connectivity index (χ0v) is 25.8. The third kappa shape index (κ3) is 5.55. The molecule has 5 N–H and O–H groups in total. The number of aliphatic hydroxyl groups is 1. The van der Waals surface area contributed by atoms with Crippen molar-refractivity contribution in [2.75, 3.05) is 12.4 Å². The van der Waals surface area contributed by atoms with Crippen molar-refractivity contribution in [1.29, 1.82) is 0 Å². The van der Waals surface area contributed by atoms with Gasteiger partial charge in [0.15, 0.2) is 17.2 Å². The number of carbonyl (C=O) groups is 3. The molecule has 0 radical (unpaired) electrons. The molecule has 2 aliphatic heterocycles. The second-order valence-corrected chi connectivity index (χ2v) is 11.4. The molecule has 0 saturated carbocycles. The van der Waals surface area contributed by atoms with Crippen LogP contribution in [0.5, 0.6) is 5.75 Å². The smallest absolute Gasteiger partial charge is 0.407 e. The third-order valence-corrected chi connectivity index (χ3v) is 8.49. The number of nitrogens with zero attached hydrogens (tertiary/aromatic N) is 2. The molecule has 4 heterocycles. The quantitative estimate of drug-likeness (QED) is 0.183. The summed E-state index contributed by atoms with van der Waals surface area (Å²) >= 11 is 0. The Kier molecular flexibility index (Phi) is 8.15. The van der Waals surface area contributed by atoms with Gasteiger partial charge >= 0.3 is 12.1 Å². The molecule has 2 aliphatic rings. The number of cyclic esters (lactones) is 1. The van der Waals surface area contributed by atoms with E-state index in [1.165, 1.54) is 23.8 Å². The van der Waals surface area contributed by atoms with Crippen LogP contribution in [0.4, 0.5) is 14.9 Å². The van der Waals surface area contributed by atoms with E-state index < -0.39 is 35.1 Å². The number of hydrogen-bond donors (Lipinski definition) is 4. The number of esters is 1. The number of carbonyl (C=O) groups excluding carboxylic acids is 3. The van der Waals surface area contributed by atoms with Gasteiger partial charge in [0.1, 0.15) is 13.2 Å². The van der Waals surface area contributed by atoms with E-state index >= 15 is 0 Å². The molecule has 47 heavy (non-hydrogen) atoms. The lowest BCUT2D eigenvalue weighted by Gasteiger charge is -2.31. The van der Waals surface area contributed by atoms with Crippen LogP contribution in [0.2, 0.25) is 0 Å². The van der Waals surface area contributed by atoms with Gasteiger partial charge in [-0.1, -0.05) is 19.1 Å². The Bertz CT molecular complexity index is 2010.